The van der Waals surface area contributed by atoms with Crippen LogP contribution in [0.25, 0.3) is 5.65 Å². The quantitative estimate of drug-likeness (QED) is 0.690. The molecule has 2 rings (SSSR count). The molecule has 0 radical (unpaired) electrons. The average molecular weight is 325 g/mol. The van der Waals surface area contributed by atoms with Gasteiger partial charge in [0.15, 0.2) is 9.48 Å². The highest BCUT2D eigenvalue weighted by Gasteiger charge is 2.03. The molecule has 0 unspecified atom stereocenters. The topological polar surface area (TPSA) is 43.1 Å². The first-order valence-electron chi connectivity index (χ1n) is 2.79. The Kier molecular flexibility index (Phi) is 1.80. The molecule has 0 spiro atoms. The van der Waals surface area contributed by atoms with Crippen LogP contribution in [0.3, 0.4) is 0 Å². The van der Waals surface area contributed by atoms with Gasteiger partial charge < -0.3 is 0 Å². The summed E-state index contributed by atoms with van der Waals surface area (Å²) in [5, 5.41) is 7.78. The second-order valence-corrected chi connectivity index (χ2v) is 3.67. The molecule has 2 aromatic heterocycles. The lowest BCUT2D eigenvalue weighted by molar-refractivity contribution is 1.02. The Morgan fingerprint density at radius 1 is 1.36 bits per heavy atom. The summed E-state index contributed by atoms with van der Waals surface area (Å²) in [6.45, 7) is 0. The summed E-state index contributed by atoms with van der Waals surface area (Å²) in [6, 6.07) is 0. The monoisotopic (exact) mass is 324 g/mol. The maximum absolute atomic E-state index is 3.95. The van der Waals surface area contributed by atoms with Crippen molar-refractivity contribution in [2.24, 2.45) is 0 Å². The van der Waals surface area contributed by atoms with Crippen LogP contribution in [0.2, 0.25) is 0 Å². The van der Waals surface area contributed by atoms with E-state index in [9.17, 15) is 0 Å². The third-order valence-electron chi connectivity index (χ3n) is 1.23. The largest absolute Gasteiger partial charge is 0.261 e. The standard InChI is InChI=1S/C5H2BrIN4/c6-3-1-8-2-4-9-10-5(7)11(3)4/h1-2H. The van der Waals surface area contributed by atoms with E-state index in [1.165, 1.54) is 0 Å². The molecule has 0 saturated carbocycles. The maximum atomic E-state index is 3.95. The summed E-state index contributed by atoms with van der Waals surface area (Å²) in [4.78, 5) is 3.95. The van der Waals surface area contributed by atoms with Crippen LogP contribution in [0, 0.1) is 3.83 Å². The van der Waals surface area contributed by atoms with Crippen LogP contribution < -0.4 is 0 Å². The van der Waals surface area contributed by atoms with Gasteiger partial charge >= 0.3 is 0 Å². The van der Waals surface area contributed by atoms with Crippen molar-refractivity contribution in [3.05, 3.63) is 20.8 Å². The molecule has 0 fully saturated rings. The van der Waals surface area contributed by atoms with Gasteiger partial charge in [-0.05, 0) is 15.9 Å². The fourth-order valence-electron chi connectivity index (χ4n) is 0.781. The van der Waals surface area contributed by atoms with E-state index in [1.54, 1.807) is 12.4 Å². The molecule has 0 amide bonds. The van der Waals surface area contributed by atoms with Gasteiger partial charge in [-0.25, -0.2) is 0 Å². The lowest BCUT2D eigenvalue weighted by Gasteiger charge is -1.94. The number of hydrogen-bond acceptors (Lipinski definition) is 3. The lowest BCUT2D eigenvalue weighted by atomic mass is 10.7. The predicted octanol–water partition coefficient (Wildman–Crippen LogP) is 1.49. The molecule has 2 heterocycles. The van der Waals surface area contributed by atoms with Crippen molar-refractivity contribution < 1.29 is 0 Å². The van der Waals surface area contributed by atoms with Crippen LogP contribution in [0.1, 0.15) is 0 Å². The molecule has 0 aromatic carbocycles. The van der Waals surface area contributed by atoms with Crippen molar-refractivity contribution in [1.82, 2.24) is 19.6 Å². The highest BCUT2D eigenvalue weighted by Crippen LogP contribution is 2.13. The predicted molar refractivity (Wildman–Crippen MR) is 51.2 cm³/mol. The smallest absolute Gasteiger partial charge is 0.199 e. The van der Waals surface area contributed by atoms with Crippen LogP contribution in [0.15, 0.2) is 17.0 Å². The van der Waals surface area contributed by atoms with Crippen LogP contribution in [-0.2, 0) is 0 Å². The van der Waals surface area contributed by atoms with E-state index in [1.807, 2.05) is 4.40 Å². The molecule has 0 saturated heterocycles. The van der Waals surface area contributed by atoms with Gasteiger partial charge in [-0.1, -0.05) is 0 Å². The molecular weight excluding hydrogens is 323 g/mol. The van der Waals surface area contributed by atoms with E-state index in [-0.39, 0.29) is 0 Å². The van der Waals surface area contributed by atoms with Gasteiger partial charge in [0, 0.05) is 22.6 Å². The Morgan fingerprint density at radius 2 is 2.18 bits per heavy atom. The van der Waals surface area contributed by atoms with Crippen molar-refractivity contribution in [2.75, 3.05) is 0 Å². The van der Waals surface area contributed by atoms with Gasteiger partial charge in [-0.3, -0.25) is 9.38 Å². The van der Waals surface area contributed by atoms with Crippen molar-refractivity contribution in [2.45, 2.75) is 0 Å². The zero-order valence-corrected chi connectivity index (χ0v) is 8.94. The highest BCUT2D eigenvalue weighted by atomic mass is 127. The number of halogens is 2. The molecule has 0 aliphatic heterocycles. The Hall–Kier alpha value is -0.240. The zero-order valence-electron chi connectivity index (χ0n) is 5.20. The van der Waals surface area contributed by atoms with Crippen LogP contribution >= 0.6 is 38.5 Å². The highest BCUT2D eigenvalue weighted by molar-refractivity contribution is 14.1. The molecule has 6 heteroatoms. The molecule has 0 atom stereocenters. The lowest BCUT2D eigenvalue weighted by Crippen LogP contribution is -1.90. The SMILES string of the molecule is Brc1cncc2nnc(I)n12. The molecule has 2 aromatic rings. The molecule has 0 aliphatic carbocycles. The van der Waals surface area contributed by atoms with Crippen molar-refractivity contribution in [3.8, 4) is 0 Å². The Morgan fingerprint density at radius 3 is 2.91 bits per heavy atom. The number of fused-ring (bicyclic) bond motifs is 1. The van der Waals surface area contributed by atoms with Crippen molar-refractivity contribution in [3.63, 3.8) is 0 Å². The fourth-order valence-corrected chi connectivity index (χ4v) is 2.19. The number of hydrogen-bond donors (Lipinski definition) is 0. The minimum Gasteiger partial charge on any atom is -0.261 e. The van der Waals surface area contributed by atoms with Crippen LogP contribution in [0.5, 0.6) is 0 Å². The summed E-state index contributed by atoms with van der Waals surface area (Å²) < 4.78 is 3.56. The van der Waals surface area contributed by atoms with Crippen molar-refractivity contribution >= 4 is 44.2 Å². The molecule has 0 bridgehead atoms. The molecule has 0 aliphatic rings. The summed E-state index contributed by atoms with van der Waals surface area (Å²) >= 11 is 5.45. The molecule has 11 heavy (non-hydrogen) atoms. The average Bonchev–Trinajstić information content (AvgIpc) is 2.34. The van der Waals surface area contributed by atoms with E-state index >= 15 is 0 Å². The van der Waals surface area contributed by atoms with Gasteiger partial charge in [0.2, 0.25) is 0 Å². The van der Waals surface area contributed by atoms with Gasteiger partial charge in [0.25, 0.3) is 0 Å². The van der Waals surface area contributed by atoms with Gasteiger partial charge in [-0.2, -0.15) is 0 Å². The summed E-state index contributed by atoms with van der Waals surface area (Å²) in [5.74, 6) is 0. The van der Waals surface area contributed by atoms with E-state index in [4.69, 9.17) is 0 Å². The first kappa shape index (κ1) is 7.41. The van der Waals surface area contributed by atoms with Gasteiger partial charge in [0.05, 0.1) is 12.4 Å². The Balaban J connectivity index is 2.96. The first-order chi connectivity index (χ1) is 5.29. The minimum atomic E-state index is 0.753. The second-order valence-electron chi connectivity index (χ2n) is 1.89. The number of aromatic nitrogens is 4. The summed E-state index contributed by atoms with van der Waals surface area (Å²) in [6.07, 6.45) is 3.37. The second kappa shape index (κ2) is 2.67. The fraction of sp³-hybridized carbons (Fsp3) is 0. The number of nitrogens with zero attached hydrogens (tertiary/aromatic N) is 4. The van der Waals surface area contributed by atoms with E-state index in [2.05, 4.69) is 53.7 Å². The Bertz CT molecular complexity index is 398. The maximum Gasteiger partial charge on any atom is 0.199 e. The minimum absolute atomic E-state index is 0.753. The molecule has 4 nitrogen and oxygen atoms in total. The van der Waals surface area contributed by atoms with E-state index in [0.717, 1.165) is 14.1 Å². The van der Waals surface area contributed by atoms with Crippen molar-refractivity contribution in [1.29, 1.82) is 0 Å². The van der Waals surface area contributed by atoms with E-state index < -0.39 is 0 Å². The van der Waals surface area contributed by atoms with Gasteiger partial charge in [0.1, 0.15) is 4.60 Å². The first-order valence-corrected chi connectivity index (χ1v) is 4.66. The zero-order chi connectivity index (χ0) is 7.84. The normalized spacial score (nSPS) is 10.7. The number of rotatable bonds is 0. The molecular formula is C5H2BrIN4. The summed E-state index contributed by atoms with van der Waals surface area (Å²) in [5.41, 5.74) is 0.753. The van der Waals surface area contributed by atoms with Crippen LogP contribution in [-0.4, -0.2) is 19.6 Å². The third-order valence-corrected chi connectivity index (χ3v) is 2.49. The molecule has 0 N–H and O–H groups in total. The van der Waals surface area contributed by atoms with Gasteiger partial charge in [-0.15, -0.1) is 10.2 Å². The van der Waals surface area contributed by atoms with E-state index in [0.29, 0.717) is 0 Å². The summed E-state index contributed by atoms with van der Waals surface area (Å²) in [7, 11) is 0. The van der Waals surface area contributed by atoms with Crippen LogP contribution in [0.4, 0.5) is 0 Å². The Labute approximate surface area is 84.3 Å². The molecule has 56 valence electrons. The third kappa shape index (κ3) is 1.13.